The van der Waals surface area contributed by atoms with Gasteiger partial charge in [-0.15, -0.1) is 0 Å². The van der Waals surface area contributed by atoms with Crippen LogP contribution >= 0.6 is 8.10 Å². The Morgan fingerprint density at radius 2 is 1.50 bits per heavy atom. The molecule has 2 nitrogen and oxygen atoms in total. The lowest BCUT2D eigenvalue weighted by Gasteiger charge is -1.84. The fraction of sp³-hybridized carbons (Fsp3) is 0. The van der Waals surface area contributed by atoms with E-state index in [0.29, 0.717) is 0 Å². The molecule has 0 unspecified atom stereocenters. The summed E-state index contributed by atoms with van der Waals surface area (Å²) in [6, 6.07) is 0. The summed E-state index contributed by atoms with van der Waals surface area (Å²) < 4.78 is 0. The average Bonchev–Trinajstić information content (AvgIpc) is 0.811. The van der Waals surface area contributed by atoms with E-state index in [2.05, 4.69) is 0 Å². The van der Waals surface area contributed by atoms with Crippen LogP contribution in [0.25, 0.3) is 0 Å². The molecule has 0 amide bonds. The summed E-state index contributed by atoms with van der Waals surface area (Å²) in [5, 5.41) is 0. The lowest BCUT2D eigenvalue weighted by atomic mass is 10.8. The van der Waals surface area contributed by atoms with Crippen molar-refractivity contribution < 1.29 is 0 Å². The van der Waals surface area contributed by atoms with E-state index < -0.39 is 8.10 Å². The second-order valence-electron chi connectivity index (χ2n) is 0.447. The van der Waals surface area contributed by atoms with Crippen molar-refractivity contribution in [2.75, 3.05) is 0 Å². The number of rotatable bonds is 0. The largest absolute Gasteiger partial charge is 0.306 e. The molecular formula is H4BN2P. The number of nitrogens with two attached hydrogens (primary N) is 2. The van der Waals surface area contributed by atoms with Crippen molar-refractivity contribution in [1.82, 2.24) is 0 Å². The molecule has 0 heterocycles. The highest BCUT2D eigenvalue weighted by Crippen LogP contribution is 1.96. The summed E-state index contributed by atoms with van der Waals surface area (Å²) in [4.78, 5) is 0. The molecule has 0 aromatic rings. The van der Waals surface area contributed by atoms with Gasteiger partial charge in [-0.25, -0.2) is 0 Å². The number of hydrogen-bond acceptors (Lipinski definition) is 2. The third-order valence-corrected chi connectivity index (χ3v) is 0. The van der Waals surface area contributed by atoms with Crippen molar-refractivity contribution in [3.05, 3.63) is 0 Å². The van der Waals surface area contributed by atoms with Crippen LogP contribution in [0.3, 0.4) is 0 Å². The zero-order valence-corrected chi connectivity index (χ0v) is 3.07. The predicted octanol–water partition coefficient (Wildman–Crippen LogP) is -0.701. The molecule has 22 valence electrons. The molecule has 0 aliphatic rings. The first-order valence-corrected chi connectivity index (χ1v) is 2.32. The van der Waals surface area contributed by atoms with E-state index in [9.17, 15) is 0 Å². The van der Waals surface area contributed by atoms with Gasteiger partial charge in [0.1, 0.15) is 0 Å². The van der Waals surface area contributed by atoms with Crippen molar-refractivity contribution >= 4 is 15.7 Å². The van der Waals surface area contributed by atoms with Gasteiger partial charge in [-0.05, 0) is 8.10 Å². The van der Waals surface area contributed by atoms with Crippen molar-refractivity contribution in [1.29, 1.82) is 0 Å². The second-order valence-corrected chi connectivity index (χ2v) is 1.34. The van der Waals surface area contributed by atoms with E-state index in [-0.39, 0.29) is 0 Å². The minimum atomic E-state index is -1.12. The van der Waals surface area contributed by atoms with Gasteiger partial charge < -0.3 is 11.0 Å². The SMILES string of the molecule is [B]P(N)N. The van der Waals surface area contributed by atoms with E-state index in [1.165, 1.54) is 0 Å². The summed E-state index contributed by atoms with van der Waals surface area (Å²) in [7, 11) is 3.61. The van der Waals surface area contributed by atoms with Crippen LogP contribution in [-0.2, 0) is 0 Å². The van der Waals surface area contributed by atoms with Crippen LogP contribution in [0.2, 0.25) is 0 Å². The van der Waals surface area contributed by atoms with Gasteiger partial charge in [0.2, 0.25) is 0 Å². The Labute approximate surface area is 27.8 Å². The first kappa shape index (κ1) is 4.41. The van der Waals surface area contributed by atoms with Gasteiger partial charge in [0.25, 0.3) is 0 Å². The van der Waals surface area contributed by atoms with Gasteiger partial charge in [0, 0.05) is 0 Å². The minimum Gasteiger partial charge on any atom is -0.306 e. The van der Waals surface area contributed by atoms with E-state index in [4.69, 9.17) is 18.6 Å². The Kier molecular flexibility index (Phi) is 1.88. The highest BCUT2D eigenvalue weighted by molar-refractivity contribution is 7.78. The van der Waals surface area contributed by atoms with Gasteiger partial charge in [-0.3, -0.25) is 0 Å². The van der Waals surface area contributed by atoms with Crippen LogP contribution in [-0.4, -0.2) is 7.57 Å². The fourth-order valence-corrected chi connectivity index (χ4v) is 0. The maximum atomic E-state index is 4.73. The molecule has 2 radical (unpaired) electrons. The van der Waals surface area contributed by atoms with E-state index in [1.54, 1.807) is 0 Å². The molecule has 4 heteroatoms. The van der Waals surface area contributed by atoms with Crippen molar-refractivity contribution in [3.63, 3.8) is 0 Å². The normalized spacial score (nSPS) is 8.75. The Morgan fingerprint density at radius 1 is 1.50 bits per heavy atom. The van der Waals surface area contributed by atoms with Gasteiger partial charge in [0.05, 0.1) is 0 Å². The molecule has 0 aliphatic carbocycles. The Bertz CT molecular complexity index is 10.8. The van der Waals surface area contributed by atoms with Gasteiger partial charge in [-0.1, -0.05) is 0 Å². The third-order valence-electron chi connectivity index (χ3n) is 0. The van der Waals surface area contributed by atoms with Crippen LogP contribution in [0.5, 0.6) is 0 Å². The molecule has 4 N–H and O–H groups in total. The molecule has 4 heavy (non-hydrogen) atoms. The summed E-state index contributed by atoms with van der Waals surface area (Å²) in [6.45, 7) is 0. The molecule has 0 aromatic carbocycles. The molecule has 0 aliphatic heterocycles. The molecular weight excluding hydrogens is 69.8 g/mol. The van der Waals surface area contributed by atoms with Gasteiger partial charge in [-0.2, -0.15) is 0 Å². The Hall–Kier alpha value is 0.415. The maximum absolute atomic E-state index is 4.73. The average molecular weight is 73.8 g/mol. The molecule has 0 atom stereocenters. The second kappa shape index (κ2) is 1.71. The van der Waals surface area contributed by atoms with Crippen LogP contribution in [0.4, 0.5) is 0 Å². The molecule has 0 bridgehead atoms. The van der Waals surface area contributed by atoms with Crippen molar-refractivity contribution in [2.45, 2.75) is 0 Å². The molecule has 0 fully saturated rings. The zero-order valence-electron chi connectivity index (χ0n) is 2.18. The first-order valence-electron chi connectivity index (χ1n) is 0.775. The molecule has 0 saturated heterocycles. The van der Waals surface area contributed by atoms with Crippen LogP contribution in [0, 0.1) is 0 Å². The summed E-state index contributed by atoms with van der Waals surface area (Å²) in [5.41, 5.74) is 9.46. The topological polar surface area (TPSA) is 52.0 Å². The van der Waals surface area contributed by atoms with Crippen LogP contribution in [0.15, 0.2) is 0 Å². The molecule has 0 aromatic heterocycles. The minimum absolute atomic E-state index is 1.12. The Morgan fingerprint density at radius 3 is 1.50 bits per heavy atom. The van der Waals surface area contributed by atoms with Crippen LogP contribution < -0.4 is 11.0 Å². The molecule has 0 saturated carbocycles. The summed E-state index contributed by atoms with van der Waals surface area (Å²) in [5.74, 6) is 0. The van der Waals surface area contributed by atoms with Crippen molar-refractivity contribution in [3.8, 4) is 0 Å². The summed E-state index contributed by atoms with van der Waals surface area (Å²) in [6.07, 6.45) is 0. The standard InChI is InChI=1S/BH4N2P/c1-4(2)3/h2-3H2. The van der Waals surface area contributed by atoms with E-state index >= 15 is 0 Å². The number of hydrogen-bond donors (Lipinski definition) is 2. The fourth-order valence-electron chi connectivity index (χ4n) is 0. The molecule has 0 rings (SSSR count). The quantitative estimate of drug-likeness (QED) is 0.294. The maximum Gasteiger partial charge on any atom is 0.151 e. The van der Waals surface area contributed by atoms with Gasteiger partial charge >= 0.3 is 0 Å². The summed E-state index contributed by atoms with van der Waals surface area (Å²) >= 11 is 0. The monoisotopic (exact) mass is 74.0 g/mol. The highest BCUT2D eigenvalue weighted by Gasteiger charge is 1.65. The first-order chi connectivity index (χ1) is 1.73. The van der Waals surface area contributed by atoms with Gasteiger partial charge in [0.15, 0.2) is 7.57 Å². The van der Waals surface area contributed by atoms with Crippen molar-refractivity contribution in [2.24, 2.45) is 11.0 Å². The molecule has 0 spiro atoms. The third kappa shape index (κ3) is 28.1. The van der Waals surface area contributed by atoms with Crippen LogP contribution in [0.1, 0.15) is 0 Å². The smallest absolute Gasteiger partial charge is 0.151 e. The Balaban J connectivity index is 2.32. The zero-order chi connectivity index (χ0) is 3.58. The predicted molar refractivity (Wildman–Crippen MR) is 21.0 cm³/mol. The van der Waals surface area contributed by atoms with E-state index in [0.717, 1.165) is 0 Å². The lowest BCUT2D eigenvalue weighted by molar-refractivity contribution is 1.85. The lowest BCUT2D eigenvalue weighted by Crippen LogP contribution is -1.94. The van der Waals surface area contributed by atoms with E-state index in [1.807, 2.05) is 0 Å². The highest BCUT2D eigenvalue weighted by atomic mass is 31.1.